The molecule has 98 valence electrons. The van der Waals surface area contributed by atoms with Crippen molar-refractivity contribution in [3.8, 4) is 6.07 Å². The fourth-order valence-corrected chi connectivity index (χ4v) is 4.33. The minimum Gasteiger partial charge on any atom is -0.299 e. The topological polar surface area (TPSA) is 61.6 Å². The zero-order valence-corrected chi connectivity index (χ0v) is 12.2. The van der Waals surface area contributed by atoms with Gasteiger partial charge in [0.2, 0.25) is 0 Å². The summed E-state index contributed by atoms with van der Waals surface area (Å²) in [5, 5.41) is 20.7. The number of thioether (sulfide) groups is 1. The minimum atomic E-state index is -0.281. The van der Waals surface area contributed by atoms with Gasteiger partial charge in [0.25, 0.3) is 0 Å². The first-order valence-electron chi connectivity index (χ1n) is 6.36. The van der Waals surface area contributed by atoms with Crippen molar-refractivity contribution in [2.45, 2.75) is 42.5 Å². The van der Waals surface area contributed by atoms with Crippen LogP contribution in [-0.2, 0) is 0 Å². The first-order chi connectivity index (χ1) is 8.80. The highest BCUT2D eigenvalue weighted by Gasteiger charge is 2.41. The molecule has 18 heavy (non-hydrogen) atoms. The standard InChI is InChI=1S/C12H18N4S2/c1-2-14-12(8-13)6-3-4-10(12)5-7-17-11-16-15-9-18-11/h9-10,14H,2-7H2,1H3. The number of nitrogens with zero attached hydrogens (tertiary/aromatic N) is 3. The molecule has 2 rings (SSSR count). The molecule has 0 bridgehead atoms. The van der Waals surface area contributed by atoms with E-state index in [0.717, 1.165) is 42.3 Å². The fourth-order valence-electron chi connectivity index (χ4n) is 2.72. The molecule has 1 saturated carbocycles. The molecule has 1 aliphatic rings. The maximum Gasteiger partial charge on any atom is 0.174 e. The zero-order chi connectivity index (χ0) is 12.8. The molecule has 1 heterocycles. The molecule has 6 heteroatoms. The molecule has 0 amide bonds. The van der Waals surface area contributed by atoms with Crippen LogP contribution in [0.3, 0.4) is 0 Å². The molecular weight excluding hydrogens is 264 g/mol. The third kappa shape index (κ3) is 3.02. The highest BCUT2D eigenvalue weighted by Crippen LogP contribution is 2.38. The van der Waals surface area contributed by atoms with Crippen molar-refractivity contribution in [3.05, 3.63) is 5.51 Å². The first-order valence-corrected chi connectivity index (χ1v) is 8.22. The van der Waals surface area contributed by atoms with Crippen molar-refractivity contribution >= 4 is 23.1 Å². The van der Waals surface area contributed by atoms with E-state index in [2.05, 4.69) is 28.5 Å². The summed E-state index contributed by atoms with van der Waals surface area (Å²) in [6.07, 6.45) is 4.39. The van der Waals surface area contributed by atoms with Crippen LogP contribution in [-0.4, -0.2) is 28.0 Å². The van der Waals surface area contributed by atoms with Gasteiger partial charge in [0.15, 0.2) is 4.34 Å². The Hall–Kier alpha value is -0.640. The Morgan fingerprint density at radius 3 is 3.28 bits per heavy atom. The second-order valence-electron chi connectivity index (χ2n) is 4.54. The van der Waals surface area contributed by atoms with Crippen molar-refractivity contribution in [3.63, 3.8) is 0 Å². The Bertz CT molecular complexity index is 401. The lowest BCUT2D eigenvalue weighted by molar-refractivity contribution is 0.317. The Labute approximate surface area is 116 Å². The average Bonchev–Trinajstić information content (AvgIpc) is 3.01. The Kier molecular flexibility index (Phi) is 4.98. The van der Waals surface area contributed by atoms with Gasteiger partial charge < -0.3 is 0 Å². The monoisotopic (exact) mass is 282 g/mol. The van der Waals surface area contributed by atoms with E-state index in [4.69, 9.17) is 0 Å². The van der Waals surface area contributed by atoms with Crippen LogP contribution in [0.15, 0.2) is 9.85 Å². The molecule has 1 N–H and O–H groups in total. The largest absolute Gasteiger partial charge is 0.299 e. The fraction of sp³-hybridized carbons (Fsp3) is 0.750. The van der Waals surface area contributed by atoms with Gasteiger partial charge in [0.05, 0.1) is 6.07 Å². The van der Waals surface area contributed by atoms with Crippen molar-refractivity contribution in [1.29, 1.82) is 5.26 Å². The van der Waals surface area contributed by atoms with E-state index in [1.807, 2.05) is 0 Å². The predicted molar refractivity (Wildman–Crippen MR) is 74.6 cm³/mol. The Balaban J connectivity index is 1.86. The first kappa shape index (κ1) is 13.8. The van der Waals surface area contributed by atoms with Gasteiger partial charge in [-0.1, -0.05) is 36.4 Å². The molecule has 1 fully saturated rings. The van der Waals surface area contributed by atoms with Gasteiger partial charge in [0.1, 0.15) is 11.0 Å². The number of hydrogen-bond acceptors (Lipinski definition) is 6. The second-order valence-corrected chi connectivity index (χ2v) is 6.72. The van der Waals surface area contributed by atoms with Gasteiger partial charge in [-0.25, -0.2) is 0 Å². The van der Waals surface area contributed by atoms with Gasteiger partial charge in [-0.3, -0.25) is 5.32 Å². The van der Waals surface area contributed by atoms with Crippen LogP contribution in [0.5, 0.6) is 0 Å². The normalized spacial score (nSPS) is 27.2. The van der Waals surface area contributed by atoms with Gasteiger partial charge >= 0.3 is 0 Å². The molecule has 0 aliphatic heterocycles. The van der Waals surface area contributed by atoms with Crippen LogP contribution >= 0.6 is 23.1 Å². The van der Waals surface area contributed by atoms with E-state index in [-0.39, 0.29) is 5.54 Å². The average molecular weight is 282 g/mol. The lowest BCUT2D eigenvalue weighted by Crippen LogP contribution is -2.47. The van der Waals surface area contributed by atoms with E-state index in [1.165, 1.54) is 0 Å². The predicted octanol–water partition coefficient (Wildman–Crippen LogP) is 2.69. The maximum atomic E-state index is 9.46. The van der Waals surface area contributed by atoms with Gasteiger partial charge in [-0.2, -0.15) is 5.26 Å². The van der Waals surface area contributed by atoms with Gasteiger partial charge in [-0.05, 0) is 31.7 Å². The number of nitrogens with one attached hydrogen (secondary N) is 1. The number of aromatic nitrogens is 2. The zero-order valence-electron chi connectivity index (χ0n) is 10.6. The van der Waals surface area contributed by atoms with Crippen molar-refractivity contribution in [2.24, 2.45) is 5.92 Å². The lowest BCUT2D eigenvalue weighted by atomic mass is 9.86. The van der Waals surface area contributed by atoms with Crippen LogP contribution in [0.4, 0.5) is 0 Å². The van der Waals surface area contributed by atoms with E-state index >= 15 is 0 Å². The minimum absolute atomic E-state index is 0.281. The smallest absolute Gasteiger partial charge is 0.174 e. The van der Waals surface area contributed by atoms with E-state index in [1.54, 1.807) is 28.6 Å². The number of nitriles is 1. The summed E-state index contributed by atoms with van der Waals surface area (Å²) in [4.78, 5) is 0. The molecule has 1 aliphatic carbocycles. The Morgan fingerprint density at radius 1 is 1.72 bits per heavy atom. The summed E-state index contributed by atoms with van der Waals surface area (Å²) in [5.74, 6) is 1.50. The molecule has 1 aromatic rings. The van der Waals surface area contributed by atoms with Crippen LogP contribution in [0.2, 0.25) is 0 Å². The molecule has 2 unspecified atom stereocenters. The highest BCUT2D eigenvalue weighted by atomic mass is 32.2. The molecule has 4 nitrogen and oxygen atoms in total. The summed E-state index contributed by atoms with van der Waals surface area (Å²) in [6.45, 7) is 2.94. The molecule has 2 atom stereocenters. The van der Waals surface area contributed by atoms with Crippen LogP contribution < -0.4 is 5.32 Å². The summed E-state index contributed by atoms with van der Waals surface area (Å²) in [6, 6.07) is 2.53. The third-order valence-corrected chi connectivity index (χ3v) is 5.44. The molecule has 1 aromatic heterocycles. The maximum absolute atomic E-state index is 9.46. The van der Waals surface area contributed by atoms with Crippen molar-refractivity contribution in [1.82, 2.24) is 15.5 Å². The highest BCUT2D eigenvalue weighted by molar-refractivity contribution is 8.00. The quantitative estimate of drug-likeness (QED) is 0.813. The summed E-state index contributed by atoms with van der Waals surface area (Å²) >= 11 is 3.33. The van der Waals surface area contributed by atoms with Gasteiger partial charge in [0, 0.05) is 5.75 Å². The number of hydrogen-bond donors (Lipinski definition) is 1. The molecule has 0 radical (unpaired) electrons. The third-order valence-electron chi connectivity index (χ3n) is 3.54. The molecule has 0 saturated heterocycles. The molecule has 0 aromatic carbocycles. The summed E-state index contributed by atoms with van der Waals surface area (Å²) < 4.78 is 1.03. The Morgan fingerprint density at radius 2 is 2.61 bits per heavy atom. The van der Waals surface area contributed by atoms with E-state index < -0.39 is 0 Å². The van der Waals surface area contributed by atoms with Crippen molar-refractivity contribution in [2.75, 3.05) is 12.3 Å². The summed E-state index contributed by atoms with van der Waals surface area (Å²) in [7, 11) is 0. The van der Waals surface area contributed by atoms with E-state index in [0.29, 0.717) is 5.92 Å². The lowest BCUT2D eigenvalue weighted by Gasteiger charge is -2.29. The van der Waals surface area contributed by atoms with Crippen LogP contribution in [0, 0.1) is 17.2 Å². The summed E-state index contributed by atoms with van der Waals surface area (Å²) in [5.41, 5.74) is 1.48. The van der Waals surface area contributed by atoms with Gasteiger partial charge in [-0.15, -0.1) is 10.2 Å². The van der Waals surface area contributed by atoms with Crippen molar-refractivity contribution < 1.29 is 0 Å². The SMILES string of the molecule is CCNC1(C#N)CCCC1CCSc1nncs1. The second kappa shape index (κ2) is 6.50. The number of rotatable bonds is 6. The molecular formula is C12H18N4S2. The molecule has 0 spiro atoms. The van der Waals surface area contributed by atoms with E-state index in [9.17, 15) is 5.26 Å². The van der Waals surface area contributed by atoms with Crippen LogP contribution in [0.1, 0.15) is 32.6 Å². The van der Waals surface area contributed by atoms with Crippen LogP contribution in [0.25, 0.3) is 0 Å².